The topological polar surface area (TPSA) is 25.8 Å². The molecule has 2 nitrogen and oxygen atoms in total. The first kappa shape index (κ1) is 22.7. The van der Waals surface area contributed by atoms with Crippen LogP contribution in [0.2, 0.25) is 10.0 Å². The van der Waals surface area contributed by atoms with Gasteiger partial charge in [-0.25, -0.2) is 0 Å². The van der Waals surface area contributed by atoms with Gasteiger partial charge in [-0.05, 0) is 48.9 Å². The molecule has 28 heavy (non-hydrogen) atoms. The lowest BCUT2D eigenvalue weighted by Gasteiger charge is -2.12. The third kappa shape index (κ3) is 7.13. The van der Waals surface area contributed by atoms with Crippen LogP contribution in [0.1, 0.15) is 36.8 Å². The first-order chi connectivity index (χ1) is 13.0. The number of rotatable bonds is 7. The van der Waals surface area contributed by atoms with Crippen LogP contribution in [0.25, 0.3) is 11.4 Å². The summed E-state index contributed by atoms with van der Waals surface area (Å²) in [6, 6.07) is 3.16. The normalized spacial score (nSPS) is 12.4. The second-order valence-electron chi connectivity index (χ2n) is 6.23. The Hall–Kier alpha value is -1.54. The molecule has 2 rings (SSSR count). The van der Waals surface area contributed by atoms with Crippen LogP contribution >= 0.6 is 23.2 Å². The Morgan fingerprint density at radius 3 is 2.07 bits per heavy atom. The van der Waals surface area contributed by atoms with E-state index >= 15 is 0 Å². The largest absolute Gasteiger partial charge is 0.389 e. The zero-order chi connectivity index (χ0) is 20.9. The number of aromatic nitrogens is 2. The second kappa shape index (κ2) is 9.31. The van der Waals surface area contributed by atoms with Crippen LogP contribution in [0.15, 0.2) is 24.5 Å². The molecule has 0 aliphatic heterocycles. The minimum atomic E-state index is -4.28. The molecule has 0 saturated carbocycles. The van der Waals surface area contributed by atoms with Crippen molar-refractivity contribution in [2.45, 2.75) is 50.9 Å². The smallest absolute Gasteiger partial charge is 0.255 e. The van der Waals surface area contributed by atoms with Crippen LogP contribution < -0.4 is 0 Å². The molecule has 0 radical (unpaired) electrons. The molecule has 2 aromatic rings. The molecule has 2 heterocycles. The molecular weight excluding hydrogens is 429 g/mol. The first-order valence-electron chi connectivity index (χ1n) is 8.38. The van der Waals surface area contributed by atoms with Crippen LogP contribution in [-0.2, 0) is 12.8 Å². The second-order valence-corrected chi connectivity index (χ2v) is 7.02. The fourth-order valence-electron chi connectivity index (χ4n) is 2.63. The van der Waals surface area contributed by atoms with Crippen molar-refractivity contribution in [1.82, 2.24) is 9.97 Å². The number of aryl methyl sites for hydroxylation is 1. The van der Waals surface area contributed by atoms with Crippen LogP contribution in [0.5, 0.6) is 0 Å². The van der Waals surface area contributed by atoms with Gasteiger partial charge in [-0.15, -0.1) is 0 Å². The summed E-state index contributed by atoms with van der Waals surface area (Å²) in [5.74, 6) is 0. The van der Waals surface area contributed by atoms with Gasteiger partial charge in [0.2, 0.25) is 0 Å². The van der Waals surface area contributed by atoms with Gasteiger partial charge in [0.05, 0.1) is 15.7 Å². The zero-order valence-corrected chi connectivity index (χ0v) is 16.0. The first-order valence-corrected chi connectivity index (χ1v) is 9.13. The van der Waals surface area contributed by atoms with Gasteiger partial charge in [0, 0.05) is 25.2 Å². The summed E-state index contributed by atoms with van der Waals surface area (Å²) in [4.78, 5) is 8.22. The van der Waals surface area contributed by atoms with Gasteiger partial charge in [0.15, 0.2) is 0 Å². The zero-order valence-electron chi connectivity index (χ0n) is 14.5. The highest BCUT2D eigenvalue weighted by Crippen LogP contribution is 2.34. The highest BCUT2D eigenvalue weighted by Gasteiger charge is 2.27. The predicted octanol–water partition coefficient (Wildman–Crippen LogP) is 7.22. The Bertz CT molecular complexity index is 806. The van der Waals surface area contributed by atoms with Crippen LogP contribution in [0, 0.1) is 0 Å². The molecule has 0 fully saturated rings. The lowest BCUT2D eigenvalue weighted by atomic mass is 10.0. The van der Waals surface area contributed by atoms with E-state index < -0.39 is 25.2 Å². The van der Waals surface area contributed by atoms with Crippen molar-refractivity contribution in [1.29, 1.82) is 0 Å². The Morgan fingerprint density at radius 1 is 0.857 bits per heavy atom. The van der Waals surface area contributed by atoms with Gasteiger partial charge in [0.25, 0.3) is 0 Å². The molecule has 0 amide bonds. The Morgan fingerprint density at radius 2 is 1.46 bits per heavy atom. The molecule has 0 bridgehead atoms. The molecule has 0 saturated heterocycles. The monoisotopic (exact) mass is 444 g/mol. The Balaban J connectivity index is 2.18. The fourth-order valence-corrected chi connectivity index (χ4v) is 3.26. The van der Waals surface area contributed by atoms with E-state index in [2.05, 4.69) is 9.97 Å². The number of pyridine rings is 2. The molecule has 0 unspecified atom stereocenters. The van der Waals surface area contributed by atoms with Crippen molar-refractivity contribution in [3.8, 4) is 11.4 Å². The molecule has 154 valence electrons. The number of alkyl halides is 6. The molecule has 0 aliphatic carbocycles. The van der Waals surface area contributed by atoms with Crippen molar-refractivity contribution in [3.05, 3.63) is 45.7 Å². The molecule has 0 atom stereocenters. The number of hydrogen-bond donors (Lipinski definition) is 0. The maximum atomic E-state index is 12.4. The summed E-state index contributed by atoms with van der Waals surface area (Å²) < 4.78 is 74.0. The van der Waals surface area contributed by atoms with Crippen LogP contribution in [0.3, 0.4) is 0 Å². The molecule has 0 N–H and O–H groups in total. The summed E-state index contributed by atoms with van der Waals surface area (Å²) in [6.45, 7) is 0. The highest BCUT2D eigenvalue weighted by atomic mass is 35.5. The number of halogens is 8. The van der Waals surface area contributed by atoms with Crippen molar-refractivity contribution < 1.29 is 26.3 Å². The summed E-state index contributed by atoms with van der Waals surface area (Å²) in [5, 5.41) is 0.242. The summed E-state index contributed by atoms with van der Waals surface area (Å²) in [5.41, 5.74) is 1.51. The minimum absolute atomic E-state index is 0.0119. The average molecular weight is 445 g/mol. The van der Waals surface area contributed by atoms with E-state index in [-0.39, 0.29) is 41.4 Å². The average Bonchev–Trinajstić information content (AvgIpc) is 2.56. The summed E-state index contributed by atoms with van der Waals surface area (Å²) in [6.07, 6.45) is -7.70. The SMILES string of the molecule is FC(F)(F)CCCc1ccnc(-c2ncc(Cl)c(CCCC(F)(F)F)c2Cl)c1. The number of nitrogens with zero attached hydrogens (tertiary/aromatic N) is 2. The van der Waals surface area contributed by atoms with Gasteiger partial charge >= 0.3 is 12.4 Å². The van der Waals surface area contributed by atoms with E-state index in [1.807, 2.05) is 0 Å². The van der Waals surface area contributed by atoms with Crippen LogP contribution in [-0.4, -0.2) is 22.3 Å². The van der Waals surface area contributed by atoms with E-state index in [9.17, 15) is 26.3 Å². The lowest BCUT2D eigenvalue weighted by Crippen LogP contribution is -2.07. The standard InChI is InChI=1S/C18H16Cl2F6N2/c19-13-10-28-16(15(20)12(13)4-2-7-18(24,25)26)14-9-11(5-8-27-14)3-1-6-17(21,22)23/h5,8-10H,1-4,6-7H2. The van der Waals surface area contributed by atoms with Gasteiger partial charge < -0.3 is 0 Å². The maximum Gasteiger partial charge on any atom is 0.389 e. The van der Waals surface area contributed by atoms with E-state index in [4.69, 9.17) is 23.2 Å². The molecule has 0 spiro atoms. The summed E-state index contributed by atoms with van der Waals surface area (Å²) in [7, 11) is 0. The fraction of sp³-hybridized carbons (Fsp3) is 0.444. The van der Waals surface area contributed by atoms with E-state index in [0.29, 0.717) is 16.8 Å². The van der Waals surface area contributed by atoms with Crippen molar-refractivity contribution in [2.75, 3.05) is 0 Å². The number of hydrogen-bond acceptors (Lipinski definition) is 2. The third-order valence-electron chi connectivity index (χ3n) is 3.95. The molecule has 0 aliphatic rings. The highest BCUT2D eigenvalue weighted by molar-refractivity contribution is 6.37. The predicted molar refractivity (Wildman–Crippen MR) is 95.5 cm³/mol. The molecule has 2 aromatic heterocycles. The van der Waals surface area contributed by atoms with E-state index in [1.54, 1.807) is 12.1 Å². The van der Waals surface area contributed by atoms with E-state index in [0.717, 1.165) is 0 Å². The van der Waals surface area contributed by atoms with E-state index in [1.165, 1.54) is 12.4 Å². The minimum Gasteiger partial charge on any atom is -0.255 e. The maximum absolute atomic E-state index is 12.4. The van der Waals surface area contributed by atoms with Crippen LogP contribution in [0.4, 0.5) is 26.3 Å². The lowest BCUT2D eigenvalue weighted by molar-refractivity contribution is -0.136. The van der Waals surface area contributed by atoms with Gasteiger partial charge in [-0.1, -0.05) is 23.2 Å². The third-order valence-corrected chi connectivity index (χ3v) is 4.68. The molecular formula is C18H16Cl2F6N2. The quantitative estimate of drug-likeness (QED) is 0.421. The van der Waals surface area contributed by atoms with Crippen molar-refractivity contribution in [2.24, 2.45) is 0 Å². The van der Waals surface area contributed by atoms with Crippen molar-refractivity contribution >= 4 is 23.2 Å². The molecule has 10 heteroatoms. The molecule has 0 aromatic carbocycles. The van der Waals surface area contributed by atoms with Gasteiger partial charge in [-0.2, -0.15) is 26.3 Å². The Labute approximate surface area is 167 Å². The summed E-state index contributed by atoms with van der Waals surface area (Å²) >= 11 is 12.3. The van der Waals surface area contributed by atoms with Gasteiger partial charge in [-0.3, -0.25) is 9.97 Å². The van der Waals surface area contributed by atoms with Gasteiger partial charge in [0.1, 0.15) is 5.69 Å². The van der Waals surface area contributed by atoms with Crippen molar-refractivity contribution in [3.63, 3.8) is 0 Å². The Kier molecular flexibility index (Phi) is 7.56.